The van der Waals surface area contributed by atoms with Gasteiger partial charge in [0.05, 0.1) is 4.92 Å². The second-order valence-corrected chi connectivity index (χ2v) is 5.20. The summed E-state index contributed by atoms with van der Waals surface area (Å²) in [4.78, 5) is 18.5. The third kappa shape index (κ3) is 4.30. The van der Waals surface area contributed by atoms with Gasteiger partial charge in [0.2, 0.25) is 11.6 Å². The van der Waals surface area contributed by atoms with E-state index >= 15 is 0 Å². The molecule has 0 unspecified atom stereocenters. The topological polar surface area (TPSA) is 113 Å². The Kier molecular flexibility index (Phi) is 5.63. The molecule has 8 heteroatoms. The lowest BCUT2D eigenvalue weighted by Gasteiger charge is -2.24. The molecule has 0 saturated heterocycles. The maximum atomic E-state index is 11.2. The van der Waals surface area contributed by atoms with Gasteiger partial charge in [0, 0.05) is 19.7 Å². The van der Waals surface area contributed by atoms with Gasteiger partial charge in [-0.05, 0) is 18.8 Å². The molecule has 3 N–H and O–H groups in total. The number of anilines is 2. The van der Waals surface area contributed by atoms with Gasteiger partial charge in [0.15, 0.2) is 0 Å². The third-order valence-corrected chi connectivity index (χ3v) is 2.87. The second-order valence-electron chi connectivity index (χ2n) is 5.20. The first kappa shape index (κ1) is 16.1. The molecule has 1 aromatic heterocycles. The molecular formula is C12H21N5O3. The summed E-state index contributed by atoms with van der Waals surface area (Å²) >= 11 is 0. The summed E-state index contributed by atoms with van der Waals surface area (Å²) in [5, 5.41) is 26.0. The molecule has 0 aliphatic heterocycles. The van der Waals surface area contributed by atoms with Gasteiger partial charge in [-0.3, -0.25) is 10.1 Å². The van der Waals surface area contributed by atoms with E-state index in [1.54, 1.807) is 0 Å². The van der Waals surface area contributed by atoms with Crippen LogP contribution in [0.1, 0.15) is 27.2 Å². The molecule has 112 valence electrons. The monoisotopic (exact) mass is 283 g/mol. The van der Waals surface area contributed by atoms with Crippen molar-refractivity contribution in [2.45, 2.75) is 27.2 Å². The normalized spacial score (nSPS) is 11.2. The fraction of sp³-hybridized carbons (Fsp3) is 0.667. The Morgan fingerprint density at radius 3 is 2.45 bits per heavy atom. The highest BCUT2D eigenvalue weighted by Gasteiger charge is 2.24. The number of aliphatic hydroxyl groups is 1. The summed E-state index contributed by atoms with van der Waals surface area (Å²) in [7, 11) is 0. The lowest BCUT2D eigenvalue weighted by atomic mass is 9.90. The van der Waals surface area contributed by atoms with Crippen molar-refractivity contribution in [1.29, 1.82) is 0 Å². The Balaban J connectivity index is 2.94. The fourth-order valence-electron chi connectivity index (χ4n) is 1.69. The van der Waals surface area contributed by atoms with E-state index in [1.165, 1.54) is 6.33 Å². The van der Waals surface area contributed by atoms with E-state index < -0.39 is 4.92 Å². The van der Waals surface area contributed by atoms with Crippen LogP contribution in [0.5, 0.6) is 0 Å². The van der Waals surface area contributed by atoms with Crippen molar-refractivity contribution in [3.05, 3.63) is 16.4 Å². The lowest BCUT2D eigenvalue weighted by molar-refractivity contribution is -0.383. The average molecular weight is 283 g/mol. The zero-order valence-corrected chi connectivity index (χ0v) is 12.0. The summed E-state index contributed by atoms with van der Waals surface area (Å²) in [5.41, 5.74) is -0.347. The number of rotatable bonds is 8. The molecule has 1 aromatic rings. The van der Waals surface area contributed by atoms with Crippen molar-refractivity contribution in [3.63, 3.8) is 0 Å². The van der Waals surface area contributed by atoms with Crippen LogP contribution >= 0.6 is 0 Å². The van der Waals surface area contributed by atoms with E-state index in [-0.39, 0.29) is 29.3 Å². The predicted octanol–water partition coefficient (Wildman–Crippen LogP) is 1.64. The van der Waals surface area contributed by atoms with Crippen LogP contribution in [0.15, 0.2) is 6.33 Å². The molecule has 0 aliphatic rings. The average Bonchev–Trinajstić information content (AvgIpc) is 2.36. The van der Waals surface area contributed by atoms with Gasteiger partial charge in [-0.2, -0.15) is 0 Å². The van der Waals surface area contributed by atoms with Crippen LogP contribution < -0.4 is 10.6 Å². The SMILES string of the molecule is CCNc1ncnc(NCC(C)(C)CCO)c1[N+](=O)[O-]. The molecule has 0 aromatic carbocycles. The Bertz CT molecular complexity index is 464. The van der Waals surface area contributed by atoms with E-state index in [9.17, 15) is 10.1 Å². The van der Waals surface area contributed by atoms with E-state index in [0.29, 0.717) is 19.5 Å². The minimum Gasteiger partial charge on any atom is -0.396 e. The van der Waals surface area contributed by atoms with Crippen molar-refractivity contribution in [2.75, 3.05) is 30.3 Å². The first-order chi connectivity index (χ1) is 9.41. The van der Waals surface area contributed by atoms with Crippen LogP contribution in [-0.4, -0.2) is 39.7 Å². The molecule has 1 heterocycles. The number of hydrogen-bond donors (Lipinski definition) is 3. The molecule has 20 heavy (non-hydrogen) atoms. The molecule has 1 rings (SSSR count). The minimum absolute atomic E-state index is 0.0726. The summed E-state index contributed by atoms with van der Waals surface area (Å²) in [6.07, 6.45) is 1.88. The maximum absolute atomic E-state index is 11.2. The number of aromatic nitrogens is 2. The number of hydrogen-bond acceptors (Lipinski definition) is 7. The standard InChI is InChI=1S/C12H21N5O3/c1-4-13-10-9(17(19)20)11(16-8-15-10)14-7-12(2,3)5-6-18/h8,18H,4-7H2,1-3H3,(H2,13,14,15,16). The maximum Gasteiger partial charge on any atom is 0.353 e. The van der Waals surface area contributed by atoms with Gasteiger partial charge in [-0.15, -0.1) is 0 Å². The van der Waals surface area contributed by atoms with Crippen LogP contribution in [0.4, 0.5) is 17.3 Å². The van der Waals surface area contributed by atoms with Crippen LogP contribution in [0.25, 0.3) is 0 Å². The van der Waals surface area contributed by atoms with Crippen molar-refractivity contribution in [1.82, 2.24) is 9.97 Å². The van der Waals surface area contributed by atoms with E-state index in [0.717, 1.165) is 0 Å². The molecule has 0 fully saturated rings. The zero-order valence-electron chi connectivity index (χ0n) is 12.0. The van der Waals surface area contributed by atoms with E-state index in [4.69, 9.17) is 5.11 Å². The number of aliphatic hydroxyl groups excluding tert-OH is 1. The van der Waals surface area contributed by atoms with Crippen LogP contribution in [0, 0.1) is 15.5 Å². The minimum atomic E-state index is -0.501. The molecule has 0 spiro atoms. The lowest BCUT2D eigenvalue weighted by Crippen LogP contribution is -2.25. The van der Waals surface area contributed by atoms with Crippen molar-refractivity contribution >= 4 is 17.3 Å². The van der Waals surface area contributed by atoms with E-state index in [2.05, 4.69) is 20.6 Å². The zero-order chi connectivity index (χ0) is 15.2. The molecular weight excluding hydrogens is 262 g/mol. The summed E-state index contributed by atoms with van der Waals surface area (Å²) in [6, 6.07) is 0. The molecule has 0 aliphatic carbocycles. The van der Waals surface area contributed by atoms with Gasteiger partial charge in [-0.25, -0.2) is 9.97 Å². The Morgan fingerprint density at radius 1 is 1.35 bits per heavy atom. The highest BCUT2D eigenvalue weighted by molar-refractivity contribution is 5.69. The molecule has 0 saturated carbocycles. The van der Waals surface area contributed by atoms with Gasteiger partial charge >= 0.3 is 5.69 Å². The van der Waals surface area contributed by atoms with Crippen molar-refractivity contribution < 1.29 is 10.0 Å². The van der Waals surface area contributed by atoms with Crippen LogP contribution in [0.2, 0.25) is 0 Å². The van der Waals surface area contributed by atoms with Crippen LogP contribution in [0.3, 0.4) is 0 Å². The van der Waals surface area contributed by atoms with Gasteiger partial charge in [-0.1, -0.05) is 13.8 Å². The molecule has 8 nitrogen and oxygen atoms in total. The summed E-state index contributed by atoms with van der Waals surface area (Å²) < 4.78 is 0. The first-order valence-corrected chi connectivity index (χ1v) is 6.49. The Labute approximate surface area is 117 Å². The molecule has 0 amide bonds. The van der Waals surface area contributed by atoms with Gasteiger partial charge < -0.3 is 15.7 Å². The van der Waals surface area contributed by atoms with Crippen LogP contribution in [-0.2, 0) is 0 Å². The molecule has 0 radical (unpaired) electrons. The van der Waals surface area contributed by atoms with Gasteiger partial charge in [0.25, 0.3) is 0 Å². The van der Waals surface area contributed by atoms with Crippen molar-refractivity contribution in [3.8, 4) is 0 Å². The molecule has 0 atom stereocenters. The van der Waals surface area contributed by atoms with Crippen molar-refractivity contribution in [2.24, 2.45) is 5.41 Å². The van der Waals surface area contributed by atoms with E-state index in [1.807, 2.05) is 20.8 Å². The fourth-order valence-corrected chi connectivity index (χ4v) is 1.69. The van der Waals surface area contributed by atoms with Gasteiger partial charge in [0.1, 0.15) is 6.33 Å². The first-order valence-electron chi connectivity index (χ1n) is 6.49. The summed E-state index contributed by atoms with van der Waals surface area (Å²) in [5.74, 6) is 0.391. The smallest absolute Gasteiger partial charge is 0.353 e. The number of nitrogens with zero attached hydrogens (tertiary/aromatic N) is 3. The number of nitro groups is 1. The Morgan fingerprint density at radius 2 is 1.95 bits per heavy atom. The Hall–Kier alpha value is -1.96. The second kappa shape index (κ2) is 6.99. The largest absolute Gasteiger partial charge is 0.396 e. The third-order valence-electron chi connectivity index (χ3n) is 2.87. The highest BCUT2D eigenvalue weighted by Crippen LogP contribution is 2.30. The highest BCUT2D eigenvalue weighted by atomic mass is 16.6. The predicted molar refractivity (Wildman–Crippen MR) is 76.8 cm³/mol. The quantitative estimate of drug-likeness (QED) is 0.491. The summed E-state index contributed by atoms with van der Waals surface area (Å²) in [6.45, 7) is 6.85. The number of nitrogens with one attached hydrogen (secondary N) is 2. The molecule has 0 bridgehead atoms.